The Morgan fingerprint density at radius 3 is 2.74 bits per heavy atom. The summed E-state index contributed by atoms with van der Waals surface area (Å²) in [6.45, 7) is 4.78. The summed E-state index contributed by atoms with van der Waals surface area (Å²) in [6, 6.07) is 7.03. The van der Waals surface area contributed by atoms with Gasteiger partial charge in [-0.1, -0.05) is 12.1 Å². The Morgan fingerprint density at radius 2 is 2.03 bits per heavy atom. The summed E-state index contributed by atoms with van der Waals surface area (Å²) in [4.78, 5) is 36.0. The molecule has 1 aromatic heterocycles. The molecular weight excluding hydrogens is 450 g/mol. The molecule has 1 atom stereocenters. The first-order valence-electron chi connectivity index (χ1n) is 12.1. The number of aromatic nitrogens is 2. The van der Waals surface area contributed by atoms with E-state index in [-0.39, 0.29) is 23.8 Å². The number of carbonyl (C=O) groups is 2. The molecule has 2 aliphatic rings. The smallest absolute Gasteiger partial charge is 0.245 e. The average molecular weight is 486 g/mol. The zero-order valence-electron chi connectivity index (χ0n) is 20.1. The lowest BCUT2D eigenvalue weighted by atomic mass is 9.80. The van der Waals surface area contributed by atoms with Crippen LogP contribution in [0.2, 0.25) is 0 Å². The van der Waals surface area contributed by atoms with Crippen molar-refractivity contribution in [2.75, 3.05) is 38.2 Å². The number of rotatable bonds is 9. The third kappa shape index (κ3) is 5.58. The van der Waals surface area contributed by atoms with Crippen LogP contribution in [0.15, 0.2) is 30.6 Å². The van der Waals surface area contributed by atoms with E-state index in [0.29, 0.717) is 26.1 Å². The number of nitrogens with zero attached hydrogens (tertiary/aromatic N) is 2. The van der Waals surface area contributed by atoms with Gasteiger partial charge >= 0.3 is 0 Å². The van der Waals surface area contributed by atoms with Crippen LogP contribution < -0.4 is 15.4 Å². The molecule has 3 N–H and O–H groups in total. The number of aromatic amines is 1. The number of amides is 2. The molecule has 0 radical (unpaired) electrons. The van der Waals surface area contributed by atoms with Crippen molar-refractivity contribution in [2.24, 2.45) is 0 Å². The first-order valence-corrected chi connectivity index (χ1v) is 13.5. The number of imidazole rings is 1. The summed E-state index contributed by atoms with van der Waals surface area (Å²) < 4.78 is 5.47. The number of carbonyl (C=O) groups excluding carboxylic acids is 2. The Kier molecular flexibility index (Phi) is 8.15. The molecule has 0 bridgehead atoms. The molecule has 34 heavy (non-hydrogen) atoms. The quantitative estimate of drug-likeness (QED) is 0.504. The maximum atomic E-state index is 13.4. The Balaban J connectivity index is 1.36. The van der Waals surface area contributed by atoms with Crippen LogP contribution in [0.3, 0.4) is 0 Å². The Hall–Kier alpha value is -2.52. The molecule has 184 valence electrons. The van der Waals surface area contributed by atoms with E-state index in [1.807, 2.05) is 42.3 Å². The van der Waals surface area contributed by atoms with Gasteiger partial charge in [-0.25, -0.2) is 4.98 Å². The number of thioether (sulfide) groups is 1. The Labute approximate surface area is 205 Å². The van der Waals surface area contributed by atoms with Gasteiger partial charge in [0.25, 0.3) is 0 Å². The molecule has 1 unspecified atom stereocenters. The Morgan fingerprint density at radius 1 is 1.26 bits per heavy atom. The van der Waals surface area contributed by atoms with Crippen molar-refractivity contribution in [3.8, 4) is 5.75 Å². The Bertz CT molecular complexity index is 969. The molecule has 1 spiro atoms. The summed E-state index contributed by atoms with van der Waals surface area (Å²) in [5, 5.41) is 6.68. The van der Waals surface area contributed by atoms with Gasteiger partial charge in [-0.2, -0.15) is 11.8 Å². The minimum absolute atomic E-state index is 0.0157. The predicted molar refractivity (Wildman–Crippen MR) is 134 cm³/mol. The highest BCUT2D eigenvalue weighted by molar-refractivity contribution is 7.98. The van der Waals surface area contributed by atoms with E-state index in [0.717, 1.165) is 48.6 Å². The van der Waals surface area contributed by atoms with Crippen LogP contribution >= 0.6 is 11.8 Å². The number of H-pyrrole nitrogens is 1. The van der Waals surface area contributed by atoms with E-state index >= 15 is 0 Å². The van der Waals surface area contributed by atoms with E-state index in [2.05, 4.69) is 20.6 Å². The maximum Gasteiger partial charge on any atom is 0.245 e. The van der Waals surface area contributed by atoms with Gasteiger partial charge in [0.2, 0.25) is 11.8 Å². The topological polar surface area (TPSA) is 99.4 Å². The van der Waals surface area contributed by atoms with Gasteiger partial charge in [-0.05, 0) is 55.9 Å². The first-order chi connectivity index (χ1) is 16.5. The minimum Gasteiger partial charge on any atom is -0.494 e. The molecule has 3 heterocycles. The number of nitrogens with one attached hydrogen (secondary N) is 3. The summed E-state index contributed by atoms with van der Waals surface area (Å²) >= 11 is 1.68. The van der Waals surface area contributed by atoms with Crippen molar-refractivity contribution in [2.45, 2.75) is 50.6 Å². The minimum atomic E-state index is -0.503. The highest BCUT2D eigenvalue weighted by Crippen LogP contribution is 2.36. The predicted octanol–water partition coefficient (Wildman–Crippen LogP) is 2.25. The molecule has 1 aromatic carbocycles. The number of benzene rings is 1. The second-order valence-corrected chi connectivity index (χ2v) is 9.95. The van der Waals surface area contributed by atoms with Crippen molar-refractivity contribution in [3.63, 3.8) is 0 Å². The van der Waals surface area contributed by atoms with Gasteiger partial charge in [0.1, 0.15) is 11.8 Å². The van der Waals surface area contributed by atoms with E-state index in [9.17, 15) is 9.59 Å². The molecule has 1 fully saturated rings. The number of piperidine rings is 1. The van der Waals surface area contributed by atoms with Crippen LogP contribution in [0.25, 0.3) is 0 Å². The van der Waals surface area contributed by atoms with Crippen LogP contribution in [0.5, 0.6) is 5.75 Å². The molecule has 2 amide bonds. The molecular formula is C25H35N5O3S. The third-order valence-corrected chi connectivity index (χ3v) is 7.43. The fourth-order valence-corrected chi connectivity index (χ4v) is 5.44. The molecule has 4 rings (SSSR count). The zero-order valence-corrected chi connectivity index (χ0v) is 20.9. The largest absolute Gasteiger partial charge is 0.494 e. The van der Waals surface area contributed by atoms with E-state index in [1.165, 1.54) is 5.69 Å². The molecule has 2 aliphatic heterocycles. The standard InChI is InChI=1S/C25H35N5O3S/c1-3-33-19-6-4-18(5-7-19)16-22(31)29-21(9-15-34-2)24(32)30-13-10-25(11-14-30)23-20(8-12-28-25)26-17-27-23/h4-7,17,21,28H,3,8-16H2,1-2H3,(H,26,27)(H,29,31). The van der Waals surface area contributed by atoms with Crippen molar-refractivity contribution >= 4 is 23.6 Å². The van der Waals surface area contributed by atoms with E-state index in [4.69, 9.17) is 4.74 Å². The van der Waals surface area contributed by atoms with E-state index < -0.39 is 6.04 Å². The number of hydrogen-bond donors (Lipinski definition) is 3. The first kappa shape index (κ1) is 24.6. The lowest BCUT2D eigenvalue weighted by molar-refractivity contribution is -0.138. The molecule has 0 aliphatic carbocycles. The summed E-state index contributed by atoms with van der Waals surface area (Å²) in [6.07, 6.45) is 7.26. The van der Waals surface area contributed by atoms with Crippen molar-refractivity contribution in [3.05, 3.63) is 47.5 Å². The van der Waals surface area contributed by atoms with Gasteiger partial charge in [0.05, 0.1) is 30.6 Å². The fraction of sp³-hybridized carbons (Fsp3) is 0.560. The zero-order chi connectivity index (χ0) is 24.0. The van der Waals surface area contributed by atoms with Crippen LogP contribution in [0.4, 0.5) is 0 Å². The second kappa shape index (κ2) is 11.3. The number of fused-ring (bicyclic) bond motifs is 2. The second-order valence-electron chi connectivity index (χ2n) is 8.97. The number of ether oxygens (including phenoxy) is 1. The van der Waals surface area contributed by atoms with Gasteiger partial charge < -0.3 is 25.3 Å². The van der Waals surface area contributed by atoms with E-state index in [1.54, 1.807) is 18.1 Å². The molecule has 2 aromatic rings. The summed E-state index contributed by atoms with van der Waals surface area (Å²) in [5.74, 6) is 1.49. The maximum absolute atomic E-state index is 13.4. The summed E-state index contributed by atoms with van der Waals surface area (Å²) in [7, 11) is 0. The lowest BCUT2D eigenvalue weighted by Gasteiger charge is -2.44. The van der Waals surface area contributed by atoms with Gasteiger partial charge in [-0.15, -0.1) is 0 Å². The lowest BCUT2D eigenvalue weighted by Crippen LogP contribution is -2.58. The van der Waals surface area contributed by atoms with Crippen molar-refractivity contribution in [1.82, 2.24) is 25.5 Å². The van der Waals surface area contributed by atoms with Crippen LogP contribution in [-0.2, 0) is 28.0 Å². The van der Waals surface area contributed by atoms with Gasteiger partial charge in [-0.3, -0.25) is 9.59 Å². The van der Waals surface area contributed by atoms with Crippen molar-refractivity contribution < 1.29 is 14.3 Å². The monoisotopic (exact) mass is 485 g/mol. The van der Waals surface area contributed by atoms with Gasteiger partial charge in [0, 0.05) is 31.7 Å². The third-order valence-electron chi connectivity index (χ3n) is 6.78. The van der Waals surface area contributed by atoms with Crippen LogP contribution in [0, 0.1) is 0 Å². The normalized spacial score (nSPS) is 17.8. The molecule has 0 saturated carbocycles. The van der Waals surface area contributed by atoms with Crippen LogP contribution in [0.1, 0.15) is 43.1 Å². The SMILES string of the molecule is CCOc1ccc(CC(=O)NC(CCSC)C(=O)N2CCC3(CC2)NCCc2[nH]cnc23)cc1. The number of likely N-dealkylation sites (tertiary alicyclic amines) is 1. The summed E-state index contributed by atoms with van der Waals surface area (Å²) in [5.41, 5.74) is 3.05. The molecule has 8 nitrogen and oxygen atoms in total. The molecule has 1 saturated heterocycles. The fourth-order valence-electron chi connectivity index (χ4n) is 4.97. The van der Waals surface area contributed by atoms with Crippen LogP contribution in [-0.4, -0.2) is 71.0 Å². The highest BCUT2D eigenvalue weighted by Gasteiger charge is 2.42. The van der Waals surface area contributed by atoms with Crippen molar-refractivity contribution in [1.29, 1.82) is 0 Å². The average Bonchev–Trinajstić information content (AvgIpc) is 3.34. The van der Waals surface area contributed by atoms with Gasteiger partial charge in [0.15, 0.2) is 0 Å². The number of hydrogen-bond acceptors (Lipinski definition) is 6. The molecule has 9 heteroatoms. The highest BCUT2D eigenvalue weighted by atomic mass is 32.2.